The Morgan fingerprint density at radius 1 is 1.07 bits per heavy atom. The van der Waals surface area contributed by atoms with Crippen molar-refractivity contribution in [3.63, 3.8) is 0 Å². The van der Waals surface area contributed by atoms with Crippen molar-refractivity contribution in [3.8, 4) is 0 Å². The molecule has 2 rings (SSSR count). The van der Waals surface area contributed by atoms with E-state index in [1.807, 2.05) is 0 Å². The van der Waals surface area contributed by atoms with Crippen LogP contribution in [0.15, 0.2) is 24.3 Å². The number of rotatable bonds is 1. The first-order valence-corrected chi connectivity index (χ1v) is 6.38. The minimum atomic E-state index is 0.906. The standard InChI is InChI=1S/C15H22/c1-3-13-10-11-15-7-5-4-6-14(15)9-8-12(13)2/h4-7,12-13H,3,8-11H2,1-2H3. The van der Waals surface area contributed by atoms with E-state index in [1.54, 1.807) is 11.1 Å². The van der Waals surface area contributed by atoms with Gasteiger partial charge in [-0.1, -0.05) is 44.5 Å². The fraction of sp³-hybridized carbons (Fsp3) is 0.600. The van der Waals surface area contributed by atoms with Gasteiger partial charge in [0.15, 0.2) is 0 Å². The molecule has 1 aromatic rings. The van der Waals surface area contributed by atoms with Gasteiger partial charge in [-0.15, -0.1) is 0 Å². The lowest BCUT2D eigenvalue weighted by molar-refractivity contribution is 0.302. The first-order chi connectivity index (χ1) is 7.31. The van der Waals surface area contributed by atoms with E-state index in [-0.39, 0.29) is 0 Å². The summed E-state index contributed by atoms with van der Waals surface area (Å²) in [5.41, 5.74) is 3.20. The lowest BCUT2D eigenvalue weighted by Crippen LogP contribution is -2.16. The molecule has 0 heteroatoms. The van der Waals surface area contributed by atoms with Crippen LogP contribution in [0.4, 0.5) is 0 Å². The van der Waals surface area contributed by atoms with Gasteiger partial charge in [0, 0.05) is 0 Å². The normalized spacial score (nSPS) is 26.5. The molecule has 0 nitrogen and oxygen atoms in total. The highest BCUT2D eigenvalue weighted by molar-refractivity contribution is 5.27. The quantitative estimate of drug-likeness (QED) is 0.639. The van der Waals surface area contributed by atoms with Crippen LogP contribution in [0.3, 0.4) is 0 Å². The van der Waals surface area contributed by atoms with Crippen LogP contribution in [-0.2, 0) is 12.8 Å². The highest BCUT2D eigenvalue weighted by atomic mass is 14.2. The van der Waals surface area contributed by atoms with E-state index in [0.717, 1.165) is 11.8 Å². The molecule has 1 aliphatic carbocycles. The largest absolute Gasteiger partial charge is 0.0651 e. The van der Waals surface area contributed by atoms with Crippen molar-refractivity contribution < 1.29 is 0 Å². The van der Waals surface area contributed by atoms with Crippen molar-refractivity contribution in [3.05, 3.63) is 35.4 Å². The molecule has 1 aliphatic rings. The number of hydrogen-bond acceptors (Lipinski definition) is 0. The van der Waals surface area contributed by atoms with Crippen molar-refractivity contribution in [1.82, 2.24) is 0 Å². The van der Waals surface area contributed by atoms with Crippen molar-refractivity contribution in [2.24, 2.45) is 11.8 Å². The Morgan fingerprint density at radius 2 is 1.67 bits per heavy atom. The van der Waals surface area contributed by atoms with Crippen LogP contribution in [0.1, 0.15) is 44.2 Å². The lowest BCUT2D eigenvalue weighted by atomic mass is 9.79. The Kier molecular flexibility index (Phi) is 3.45. The molecule has 0 aliphatic heterocycles. The fourth-order valence-corrected chi connectivity index (χ4v) is 2.90. The van der Waals surface area contributed by atoms with Gasteiger partial charge < -0.3 is 0 Å². The van der Waals surface area contributed by atoms with Gasteiger partial charge in [-0.3, -0.25) is 0 Å². The molecule has 0 radical (unpaired) electrons. The van der Waals surface area contributed by atoms with Crippen LogP contribution >= 0.6 is 0 Å². The maximum absolute atomic E-state index is 2.43. The molecular weight excluding hydrogens is 180 g/mol. The number of fused-ring (bicyclic) bond motifs is 1. The van der Waals surface area contributed by atoms with Crippen LogP contribution in [0.5, 0.6) is 0 Å². The third kappa shape index (κ3) is 2.42. The molecule has 0 fully saturated rings. The Morgan fingerprint density at radius 3 is 2.27 bits per heavy atom. The van der Waals surface area contributed by atoms with Gasteiger partial charge >= 0.3 is 0 Å². The highest BCUT2D eigenvalue weighted by Gasteiger charge is 2.18. The van der Waals surface area contributed by atoms with Gasteiger partial charge in [0.2, 0.25) is 0 Å². The molecule has 0 heterocycles. The summed E-state index contributed by atoms with van der Waals surface area (Å²) in [6, 6.07) is 9.00. The van der Waals surface area contributed by atoms with Crippen molar-refractivity contribution in [2.45, 2.75) is 46.0 Å². The molecule has 2 atom stereocenters. The van der Waals surface area contributed by atoms with Gasteiger partial charge in [-0.2, -0.15) is 0 Å². The minimum absolute atomic E-state index is 0.906. The maximum Gasteiger partial charge on any atom is -0.0273 e. The molecule has 0 saturated carbocycles. The van der Waals surface area contributed by atoms with Gasteiger partial charge in [-0.25, -0.2) is 0 Å². The smallest absolute Gasteiger partial charge is 0.0273 e. The van der Waals surface area contributed by atoms with Crippen molar-refractivity contribution in [1.29, 1.82) is 0 Å². The third-order valence-electron chi connectivity index (χ3n) is 4.10. The molecule has 15 heavy (non-hydrogen) atoms. The van der Waals surface area contributed by atoms with Crippen molar-refractivity contribution in [2.75, 3.05) is 0 Å². The summed E-state index contributed by atoms with van der Waals surface area (Å²) in [4.78, 5) is 0. The summed E-state index contributed by atoms with van der Waals surface area (Å²) in [6.07, 6.45) is 6.68. The van der Waals surface area contributed by atoms with E-state index in [2.05, 4.69) is 38.1 Å². The average Bonchev–Trinajstić information content (AvgIpc) is 2.26. The third-order valence-corrected chi connectivity index (χ3v) is 4.10. The van der Waals surface area contributed by atoms with E-state index in [0.29, 0.717) is 0 Å². The van der Waals surface area contributed by atoms with Crippen LogP contribution in [0.2, 0.25) is 0 Å². The average molecular weight is 202 g/mol. The SMILES string of the molecule is CCC1CCc2ccccc2CCC1C. The van der Waals surface area contributed by atoms with Crippen LogP contribution in [0, 0.1) is 11.8 Å². The summed E-state index contributed by atoms with van der Waals surface area (Å²) in [7, 11) is 0. The summed E-state index contributed by atoms with van der Waals surface area (Å²) in [5, 5.41) is 0. The molecule has 2 unspecified atom stereocenters. The monoisotopic (exact) mass is 202 g/mol. The Bertz CT molecular complexity index is 314. The molecule has 0 saturated heterocycles. The molecule has 0 bridgehead atoms. The van der Waals surface area contributed by atoms with Crippen LogP contribution in [0.25, 0.3) is 0 Å². The zero-order valence-electron chi connectivity index (χ0n) is 10.00. The first kappa shape index (κ1) is 10.7. The number of hydrogen-bond donors (Lipinski definition) is 0. The van der Waals surface area contributed by atoms with Crippen LogP contribution in [-0.4, -0.2) is 0 Å². The highest BCUT2D eigenvalue weighted by Crippen LogP contribution is 2.29. The summed E-state index contributed by atoms with van der Waals surface area (Å²) < 4.78 is 0. The Balaban J connectivity index is 2.17. The second kappa shape index (κ2) is 4.83. The van der Waals surface area contributed by atoms with E-state index in [4.69, 9.17) is 0 Å². The predicted octanol–water partition coefficient (Wildman–Crippen LogP) is 4.23. The Labute approximate surface area is 93.7 Å². The van der Waals surface area contributed by atoms with Gasteiger partial charge in [0.1, 0.15) is 0 Å². The summed E-state index contributed by atoms with van der Waals surface area (Å²) in [5.74, 6) is 1.85. The van der Waals surface area contributed by atoms with Gasteiger partial charge in [0.25, 0.3) is 0 Å². The van der Waals surface area contributed by atoms with E-state index < -0.39 is 0 Å². The molecule has 1 aromatic carbocycles. The number of aryl methyl sites for hydroxylation is 2. The predicted molar refractivity (Wildman–Crippen MR) is 66.0 cm³/mol. The Hall–Kier alpha value is -0.780. The molecular formula is C15H22. The van der Waals surface area contributed by atoms with Crippen LogP contribution < -0.4 is 0 Å². The zero-order valence-corrected chi connectivity index (χ0v) is 10.00. The number of benzene rings is 1. The zero-order chi connectivity index (χ0) is 10.7. The lowest BCUT2D eigenvalue weighted by Gasteiger charge is -2.26. The van der Waals surface area contributed by atoms with E-state index in [1.165, 1.54) is 32.1 Å². The van der Waals surface area contributed by atoms with Gasteiger partial charge in [-0.05, 0) is 48.6 Å². The second-order valence-corrected chi connectivity index (χ2v) is 4.99. The topological polar surface area (TPSA) is 0 Å². The maximum atomic E-state index is 2.43. The molecule has 0 amide bonds. The van der Waals surface area contributed by atoms with Gasteiger partial charge in [0.05, 0.1) is 0 Å². The van der Waals surface area contributed by atoms with Crippen molar-refractivity contribution >= 4 is 0 Å². The van der Waals surface area contributed by atoms with E-state index >= 15 is 0 Å². The molecule has 0 N–H and O–H groups in total. The van der Waals surface area contributed by atoms with E-state index in [9.17, 15) is 0 Å². The second-order valence-electron chi connectivity index (χ2n) is 4.99. The minimum Gasteiger partial charge on any atom is -0.0651 e. The molecule has 82 valence electrons. The fourth-order valence-electron chi connectivity index (χ4n) is 2.90. The first-order valence-electron chi connectivity index (χ1n) is 6.38. The summed E-state index contributed by atoms with van der Waals surface area (Å²) >= 11 is 0. The molecule has 0 spiro atoms. The summed E-state index contributed by atoms with van der Waals surface area (Å²) in [6.45, 7) is 4.77. The molecule has 0 aromatic heterocycles.